The lowest BCUT2D eigenvalue weighted by atomic mass is 10.1. The van der Waals surface area contributed by atoms with Crippen LogP contribution in [0.15, 0.2) is 36.4 Å². The van der Waals surface area contributed by atoms with Crippen molar-refractivity contribution in [3.8, 4) is 0 Å². The zero-order valence-corrected chi connectivity index (χ0v) is 15.0. The minimum Gasteiger partial charge on any atom is -0.308 e. The van der Waals surface area contributed by atoms with E-state index in [0.29, 0.717) is 16.8 Å². The van der Waals surface area contributed by atoms with Crippen LogP contribution >= 0.6 is 11.3 Å². The zero-order chi connectivity index (χ0) is 18.8. The van der Waals surface area contributed by atoms with Crippen LogP contribution in [-0.2, 0) is 0 Å². The summed E-state index contributed by atoms with van der Waals surface area (Å²) >= 11 is 1.10. The lowest BCUT2D eigenvalue weighted by molar-refractivity contribution is 0.0977. The summed E-state index contributed by atoms with van der Waals surface area (Å²) in [6, 6.07) is 7.36. The van der Waals surface area contributed by atoms with E-state index in [4.69, 9.17) is 0 Å². The highest BCUT2D eigenvalue weighted by Gasteiger charge is 2.26. The first kappa shape index (κ1) is 18.3. The topological polar surface area (TPSA) is 36.4 Å². The normalized spacial score (nSPS) is 11.3. The fourth-order valence-corrected chi connectivity index (χ4v) is 3.44. The molecular formula is C18H16F3N3OS. The van der Waals surface area contributed by atoms with E-state index in [-0.39, 0.29) is 11.7 Å². The van der Waals surface area contributed by atoms with Gasteiger partial charge in [-0.1, -0.05) is 17.4 Å². The second-order valence-electron chi connectivity index (χ2n) is 5.97. The van der Waals surface area contributed by atoms with Crippen molar-refractivity contribution in [2.45, 2.75) is 0 Å². The van der Waals surface area contributed by atoms with E-state index in [9.17, 15) is 18.0 Å². The van der Waals surface area contributed by atoms with Gasteiger partial charge in [0.05, 0.1) is 10.2 Å². The maximum atomic E-state index is 14.1. The molecule has 1 amide bonds. The summed E-state index contributed by atoms with van der Waals surface area (Å²) in [5, 5.41) is 0.264. The molecule has 0 saturated heterocycles. The molecule has 0 N–H and O–H groups in total. The number of fused-ring (bicyclic) bond motifs is 1. The molecule has 0 fully saturated rings. The average molecular weight is 379 g/mol. The molecule has 3 aromatic rings. The van der Waals surface area contributed by atoms with Crippen LogP contribution in [0.25, 0.3) is 10.2 Å². The summed E-state index contributed by atoms with van der Waals surface area (Å²) in [6.07, 6.45) is 0. The van der Waals surface area contributed by atoms with Gasteiger partial charge in [0.1, 0.15) is 23.0 Å². The van der Waals surface area contributed by atoms with Crippen LogP contribution < -0.4 is 4.90 Å². The Hall–Kier alpha value is -2.45. The fourth-order valence-electron chi connectivity index (χ4n) is 2.42. The minimum absolute atomic E-state index is 0.182. The molecule has 0 radical (unpaired) electrons. The van der Waals surface area contributed by atoms with Gasteiger partial charge >= 0.3 is 0 Å². The van der Waals surface area contributed by atoms with E-state index in [2.05, 4.69) is 4.98 Å². The molecule has 0 unspecified atom stereocenters. The molecule has 1 heterocycles. The van der Waals surface area contributed by atoms with Gasteiger partial charge in [-0.15, -0.1) is 0 Å². The quantitative estimate of drug-likeness (QED) is 0.674. The van der Waals surface area contributed by atoms with Gasteiger partial charge in [0.25, 0.3) is 5.91 Å². The first-order chi connectivity index (χ1) is 12.4. The fraction of sp³-hybridized carbons (Fsp3) is 0.222. The number of rotatable bonds is 5. The number of nitrogens with zero attached hydrogens (tertiary/aromatic N) is 3. The van der Waals surface area contributed by atoms with E-state index in [0.717, 1.165) is 23.5 Å². The van der Waals surface area contributed by atoms with Gasteiger partial charge in [-0.25, -0.2) is 18.2 Å². The molecule has 2 aromatic carbocycles. The molecule has 0 spiro atoms. The summed E-state index contributed by atoms with van der Waals surface area (Å²) in [7, 11) is 3.64. The summed E-state index contributed by atoms with van der Waals surface area (Å²) in [4.78, 5) is 20.3. The van der Waals surface area contributed by atoms with E-state index >= 15 is 0 Å². The summed E-state index contributed by atoms with van der Waals surface area (Å²) < 4.78 is 42.1. The molecule has 1 aromatic heterocycles. The van der Waals surface area contributed by atoms with Crippen LogP contribution in [0.4, 0.5) is 18.3 Å². The van der Waals surface area contributed by atoms with E-state index in [1.165, 1.54) is 29.2 Å². The predicted molar refractivity (Wildman–Crippen MR) is 96.2 cm³/mol. The third-order valence-electron chi connectivity index (χ3n) is 3.76. The first-order valence-electron chi connectivity index (χ1n) is 7.83. The number of likely N-dealkylation sites (N-methyl/N-ethyl adjacent to an activating group) is 1. The number of carbonyl (C=O) groups excluding carboxylic acids is 1. The van der Waals surface area contributed by atoms with Crippen molar-refractivity contribution in [1.29, 1.82) is 0 Å². The van der Waals surface area contributed by atoms with Crippen LogP contribution in [0, 0.1) is 17.5 Å². The van der Waals surface area contributed by atoms with E-state index in [1.54, 1.807) is 0 Å². The Kier molecular flexibility index (Phi) is 5.24. The van der Waals surface area contributed by atoms with Crippen LogP contribution in [0.3, 0.4) is 0 Å². The number of benzene rings is 2. The number of halogens is 3. The number of hydrogen-bond donors (Lipinski definition) is 0. The second-order valence-corrected chi connectivity index (χ2v) is 6.97. The summed E-state index contributed by atoms with van der Waals surface area (Å²) in [5.41, 5.74) is -0.111. The van der Waals surface area contributed by atoms with Crippen LogP contribution in [0.2, 0.25) is 0 Å². The Morgan fingerprint density at radius 2 is 1.77 bits per heavy atom. The monoisotopic (exact) mass is 379 g/mol. The van der Waals surface area contributed by atoms with Crippen LogP contribution in [0.5, 0.6) is 0 Å². The summed E-state index contributed by atoms with van der Waals surface area (Å²) in [5.74, 6) is -3.10. The molecule has 0 atom stereocenters. The molecular weight excluding hydrogens is 363 g/mol. The Morgan fingerprint density at radius 1 is 1.08 bits per heavy atom. The highest BCUT2D eigenvalue weighted by molar-refractivity contribution is 7.22. The van der Waals surface area contributed by atoms with Crippen molar-refractivity contribution >= 4 is 32.6 Å². The van der Waals surface area contributed by atoms with Gasteiger partial charge in [-0.3, -0.25) is 9.69 Å². The number of carbonyl (C=O) groups is 1. The van der Waals surface area contributed by atoms with Gasteiger partial charge in [0, 0.05) is 13.1 Å². The molecule has 0 saturated carbocycles. The highest BCUT2D eigenvalue weighted by Crippen LogP contribution is 2.30. The molecule has 4 nitrogen and oxygen atoms in total. The van der Waals surface area contributed by atoms with Crippen molar-refractivity contribution < 1.29 is 18.0 Å². The molecule has 8 heteroatoms. The van der Waals surface area contributed by atoms with Gasteiger partial charge in [-0.05, 0) is 44.4 Å². The van der Waals surface area contributed by atoms with Crippen molar-refractivity contribution in [3.05, 3.63) is 59.4 Å². The van der Waals surface area contributed by atoms with Crippen molar-refractivity contribution in [3.63, 3.8) is 0 Å². The highest BCUT2D eigenvalue weighted by atomic mass is 32.1. The first-order valence-corrected chi connectivity index (χ1v) is 8.65. The van der Waals surface area contributed by atoms with Crippen molar-refractivity contribution in [2.75, 3.05) is 32.1 Å². The maximum absolute atomic E-state index is 14.1. The maximum Gasteiger partial charge on any atom is 0.266 e. The van der Waals surface area contributed by atoms with Crippen LogP contribution in [0.1, 0.15) is 10.4 Å². The number of amides is 1. The van der Waals surface area contributed by atoms with Gasteiger partial charge in [0.15, 0.2) is 5.13 Å². The molecule has 0 aliphatic heterocycles. The van der Waals surface area contributed by atoms with Crippen molar-refractivity contribution in [2.24, 2.45) is 0 Å². The number of thiazole rings is 1. The Bertz CT molecular complexity index is 938. The standard InChI is InChI=1S/C18H16F3N3OS/c1-23(2)8-9-24(17(25)16-12(20)4-3-5-13(16)21)18-22-14-7-6-11(19)10-15(14)26-18/h3-7,10H,8-9H2,1-2H3. The number of hydrogen-bond acceptors (Lipinski definition) is 4. The zero-order valence-electron chi connectivity index (χ0n) is 14.2. The lowest BCUT2D eigenvalue weighted by Crippen LogP contribution is -2.37. The molecule has 136 valence electrons. The van der Waals surface area contributed by atoms with Gasteiger partial charge < -0.3 is 4.90 Å². The molecule has 3 rings (SSSR count). The second kappa shape index (κ2) is 7.43. The Balaban J connectivity index is 2.05. The third kappa shape index (κ3) is 3.71. The summed E-state index contributed by atoms with van der Waals surface area (Å²) in [6.45, 7) is 0.647. The largest absolute Gasteiger partial charge is 0.308 e. The third-order valence-corrected chi connectivity index (χ3v) is 4.80. The smallest absolute Gasteiger partial charge is 0.266 e. The predicted octanol–water partition coefficient (Wildman–Crippen LogP) is 3.92. The molecule has 0 aliphatic carbocycles. The molecule has 26 heavy (non-hydrogen) atoms. The minimum atomic E-state index is -0.933. The van der Waals surface area contributed by atoms with Crippen LogP contribution in [-0.4, -0.2) is 43.0 Å². The van der Waals surface area contributed by atoms with Gasteiger partial charge in [-0.2, -0.15) is 0 Å². The number of aromatic nitrogens is 1. The Morgan fingerprint density at radius 3 is 2.42 bits per heavy atom. The van der Waals surface area contributed by atoms with Crippen molar-refractivity contribution in [1.82, 2.24) is 9.88 Å². The van der Waals surface area contributed by atoms with E-state index < -0.39 is 28.9 Å². The Labute approximate surface area is 152 Å². The lowest BCUT2D eigenvalue weighted by Gasteiger charge is -2.22. The van der Waals surface area contributed by atoms with E-state index in [1.807, 2.05) is 19.0 Å². The average Bonchev–Trinajstić information content (AvgIpc) is 2.97. The van der Waals surface area contributed by atoms with Gasteiger partial charge in [0.2, 0.25) is 0 Å². The molecule has 0 bridgehead atoms. The number of anilines is 1. The molecule has 0 aliphatic rings. The SMILES string of the molecule is CN(C)CCN(C(=O)c1c(F)cccc1F)c1nc2ccc(F)cc2s1.